The predicted molar refractivity (Wildman–Crippen MR) is 102 cm³/mol. The molecule has 0 aliphatic carbocycles. The molecule has 7 heteroatoms. The van der Waals surface area contributed by atoms with Crippen molar-refractivity contribution in [3.8, 4) is 0 Å². The van der Waals surface area contributed by atoms with Crippen molar-refractivity contribution in [3.05, 3.63) is 70.9 Å². The molecule has 0 aliphatic heterocycles. The molecule has 0 bridgehead atoms. The zero-order valence-electron chi connectivity index (χ0n) is 15.5. The molecule has 0 unspecified atom stereocenters. The largest absolute Gasteiger partial charge is 0.469 e. The van der Waals surface area contributed by atoms with Gasteiger partial charge in [0.1, 0.15) is 5.76 Å². The Balaban J connectivity index is 1.57. The van der Waals surface area contributed by atoms with Gasteiger partial charge in [0.05, 0.1) is 17.5 Å². The Hall–Kier alpha value is -3.35. The topological polar surface area (TPSA) is 100 Å². The van der Waals surface area contributed by atoms with Crippen LogP contribution in [0.25, 0.3) is 0 Å². The number of benzene rings is 1. The van der Waals surface area contributed by atoms with Gasteiger partial charge >= 0.3 is 0 Å². The summed E-state index contributed by atoms with van der Waals surface area (Å²) >= 11 is 0. The Kier molecular flexibility index (Phi) is 5.40. The molecule has 0 fully saturated rings. The second kappa shape index (κ2) is 7.90. The third kappa shape index (κ3) is 4.63. The number of rotatable bonds is 6. The summed E-state index contributed by atoms with van der Waals surface area (Å²) in [4.78, 5) is 24.6. The van der Waals surface area contributed by atoms with E-state index in [0.29, 0.717) is 29.0 Å². The lowest BCUT2D eigenvalue weighted by atomic mass is 10.1. The quantitative estimate of drug-likeness (QED) is 0.623. The fourth-order valence-corrected chi connectivity index (χ4v) is 2.77. The number of furan rings is 1. The first kappa shape index (κ1) is 18.4. The molecule has 0 saturated carbocycles. The number of H-pyrrole nitrogens is 1. The minimum absolute atomic E-state index is 0.0522. The van der Waals surface area contributed by atoms with Gasteiger partial charge < -0.3 is 15.1 Å². The number of carbonyl (C=O) groups excluding carboxylic acids is 2. The second-order valence-corrected chi connectivity index (χ2v) is 6.54. The highest BCUT2D eigenvalue weighted by molar-refractivity contribution is 6.05. The van der Waals surface area contributed by atoms with E-state index in [4.69, 9.17) is 4.42 Å². The number of nitrogens with one attached hydrogen (secondary N) is 3. The SMILES string of the molecule is Cc1cc(C[C@@H](C)NC(=O)c2ccc(NC(=O)c3ccoc3C)cc2)n[nH]1. The highest BCUT2D eigenvalue weighted by Crippen LogP contribution is 2.14. The average molecular weight is 366 g/mol. The van der Waals surface area contributed by atoms with Crippen LogP contribution < -0.4 is 10.6 Å². The maximum Gasteiger partial charge on any atom is 0.259 e. The normalized spacial score (nSPS) is 11.8. The molecule has 0 spiro atoms. The van der Waals surface area contributed by atoms with Crippen LogP contribution >= 0.6 is 0 Å². The lowest BCUT2D eigenvalue weighted by molar-refractivity contribution is 0.0939. The van der Waals surface area contributed by atoms with Crippen LogP contribution in [0.2, 0.25) is 0 Å². The van der Waals surface area contributed by atoms with E-state index in [-0.39, 0.29) is 17.9 Å². The average Bonchev–Trinajstić information content (AvgIpc) is 3.23. The van der Waals surface area contributed by atoms with Gasteiger partial charge in [0.25, 0.3) is 11.8 Å². The molecule has 7 nitrogen and oxygen atoms in total. The van der Waals surface area contributed by atoms with Gasteiger partial charge in [-0.3, -0.25) is 14.7 Å². The number of carbonyl (C=O) groups is 2. The Morgan fingerprint density at radius 3 is 2.48 bits per heavy atom. The van der Waals surface area contributed by atoms with E-state index >= 15 is 0 Å². The van der Waals surface area contributed by atoms with Gasteiger partial charge in [-0.05, 0) is 57.2 Å². The van der Waals surface area contributed by atoms with Gasteiger partial charge in [0, 0.05) is 29.4 Å². The smallest absolute Gasteiger partial charge is 0.259 e. The third-order valence-electron chi connectivity index (χ3n) is 4.16. The summed E-state index contributed by atoms with van der Waals surface area (Å²) < 4.78 is 5.13. The number of aromatic nitrogens is 2. The summed E-state index contributed by atoms with van der Waals surface area (Å²) in [5.41, 5.74) is 3.52. The van der Waals surface area contributed by atoms with E-state index in [1.54, 1.807) is 37.3 Å². The van der Waals surface area contributed by atoms with Gasteiger partial charge in [-0.15, -0.1) is 0 Å². The first-order valence-corrected chi connectivity index (χ1v) is 8.69. The van der Waals surface area contributed by atoms with Crippen molar-refractivity contribution in [2.24, 2.45) is 0 Å². The van der Waals surface area contributed by atoms with E-state index in [1.807, 2.05) is 19.9 Å². The van der Waals surface area contributed by atoms with Crippen molar-refractivity contribution in [3.63, 3.8) is 0 Å². The van der Waals surface area contributed by atoms with Gasteiger partial charge in [-0.25, -0.2) is 0 Å². The van der Waals surface area contributed by atoms with E-state index in [0.717, 1.165) is 11.4 Å². The number of amides is 2. The minimum Gasteiger partial charge on any atom is -0.469 e. The number of aryl methyl sites for hydroxylation is 2. The summed E-state index contributed by atoms with van der Waals surface area (Å²) in [5.74, 6) is 0.143. The Morgan fingerprint density at radius 2 is 1.89 bits per heavy atom. The Morgan fingerprint density at radius 1 is 1.15 bits per heavy atom. The maximum absolute atomic E-state index is 12.4. The van der Waals surface area contributed by atoms with Crippen LogP contribution in [0.1, 0.15) is 44.8 Å². The van der Waals surface area contributed by atoms with Crippen LogP contribution in [0.5, 0.6) is 0 Å². The number of anilines is 1. The standard InChI is InChI=1S/C20H22N4O3/c1-12(10-17-11-13(2)23-24-17)21-19(25)15-4-6-16(7-5-15)22-20(26)18-8-9-27-14(18)3/h4-9,11-12H,10H2,1-3H3,(H,21,25)(H,22,26)(H,23,24)/t12-/m1/s1. The molecule has 0 aliphatic rings. The molecular formula is C20H22N4O3. The van der Waals surface area contributed by atoms with Crippen LogP contribution in [0.15, 0.2) is 47.1 Å². The van der Waals surface area contributed by atoms with Crippen LogP contribution in [0, 0.1) is 13.8 Å². The molecule has 2 aromatic heterocycles. The molecule has 3 rings (SSSR count). The zero-order chi connectivity index (χ0) is 19.4. The lowest BCUT2D eigenvalue weighted by Crippen LogP contribution is -2.34. The zero-order valence-corrected chi connectivity index (χ0v) is 15.5. The van der Waals surface area contributed by atoms with Crippen molar-refractivity contribution >= 4 is 17.5 Å². The minimum atomic E-state index is -0.249. The van der Waals surface area contributed by atoms with E-state index in [9.17, 15) is 9.59 Å². The van der Waals surface area contributed by atoms with Crippen molar-refractivity contribution < 1.29 is 14.0 Å². The molecular weight excluding hydrogens is 344 g/mol. The van der Waals surface area contributed by atoms with E-state index in [1.165, 1.54) is 6.26 Å². The Bertz CT molecular complexity index is 940. The number of hydrogen-bond acceptors (Lipinski definition) is 4. The summed E-state index contributed by atoms with van der Waals surface area (Å²) in [6.45, 7) is 5.60. The van der Waals surface area contributed by atoms with Gasteiger partial charge in [-0.1, -0.05) is 0 Å². The van der Waals surface area contributed by atoms with Crippen LogP contribution in [-0.4, -0.2) is 28.1 Å². The van der Waals surface area contributed by atoms with Gasteiger partial charge in [0.15, 0.2) is 0 Å². The predicted octanol–water partition coefficient (Wildman–Crippen LogP) is 3.23. The highest BCUT2D eigenvalue weighted by atomic mass is 16.3. The number of nitrogens with zero attached hydrogens (tertiary/aromatic N) is 1. The first-order valence-electron chi connectivity index (χ1n) is 8.69. The summed E-state index contributed by atoms with van der Waals surface area (Å²) in [7, 11) is 0. The number of hydrogen-bond donors (Lipinski definition) is 3. The molecule has 1 atom stereocenters. The first-order chi connectivity index (χ1) is 12.9. The van der Waals surface area contributed by atoms with Gasteiger partial charge in [-0.2, -0.15) is 5.10 Å². The van der Waals surface area contributed by atoms with E-state index in [2.05, 4.69) is 20.8 Å². The van der Waals surface area contributed by atoms with Crippen molar-refractivity contribution in [2.45, 2.75) is 33.2 Å². The molecule has 27 heavy (non-hydrogen) atoms. The monoisotopic (exact) mass is 366 g/mol. The molecule has 3 aromatic rings. The molecule has 140 valence electrons. The molecule has 1 aromatic carbocycles. The molecule has 2 heterocycles. The molecule has 0 saturated heterocycles. The number of aromatic amines is 1. The summed E-state index contributed by atoms with van der Waals surface area (Å²) in [5, 5.41) is 12.8. The van der Waals surface area contributed by atoms with Crippen LogP contribution in [-0.2, 0) is 6.42 Å². The Labute approximate surface area is 157 Å². The molecule has 3 N–H and O–H groups in total. The van der Waals surface area contributed by atoms with Crippen LogP contribution in [0.3, 0.4) is 0 Å². The third-order valence-corrected chi connectivity index (χ3v) is 4.16. The molecule has 2 amide bonds. The summed E-state index contributed by atoms with van der Waals surface area (Å²) in [6, 6.07) is 10.3. The van der Waals surface area contributed by atoms with E-state index < -0.39 is 0 Å². The maximum atomic E-state index is 12.4. The fourth-order valence-electron chi connectivity index (χ4n) is 2.77. The van der Waals surface area contributed by atoms with Crippen LogP contribution in [0.4, 0.5) is 5.69 Å². The van der Waals surface area contributed by atoms with Crippen molar-refractivity contribution in [1.29, 1.82) is 0 Å². The summed E-state index contributed by atoms with van der Waals surface area (Å²) in [6.07, 6.45) is 2.12. The molecule has 0 radical (unpaired) electrons. The fraction of sp³-hybridized carbons (Fsp3) is 0.250. The lowest BCUT2D eigenvalue weighted by Gasteiger charge is -2.13. The highest BCUT2D eigenvalue weighted by Gasteiger charge is 2.14. The van der Waals surface area contributed by atoms with Crippen molar-refractivity contribution in [1.82, 2.24) is 15.5 Å². The second-order valence-electron chi connectivity index (χ2n) is 6.54. The van der Waals surface area contributed by atoms with Crippen molar-refractivity contribution in [2.75, 3.05) is 5.32 Å². The van der Waals surface area contributed by atoms with Gasteiger partial charge in [0.2, 0.25) is 0 Å².